The summed E-state index contributed by atoms with van der Waals surface area (Å²) < 4.78 is 5.48. The zero-order valence-corrected chi connectivity index (χ0v) is 18.6. The highest BCUT2D eigenvalue weighted by Crippen LogP contribution is 2.64. The molecule has 2 saturated heterocycles. The van der Waals surface area contributed by atoms with Crippen LogP contribution in [0.15, 0.2) is 36.5 Å². The number of aromatic nitrogens is 1. The number of hydrogen-bond donors (Lipinski definition) is 1. The van der Waals surface area contributed by atoms with Crippen molar-refractivity contribution in [3.63, 3.8) is 0 Å². The molecule has 1 saturated carbocycles. The average molecular weight is 454 g/mol. The Kier molecular flexibility index (Phi) is 4.34. The van der Waals surface area contributed by atoms with Gasteiger partial charge in [-0.15, -0.1) is 5.01 Å². The summed E-state index contributed by atoms with van der Waals surface area (Å²) in [5.41, 5.74) is 4.05. The second-order valence-electron chi connectivity index (χ2n) is 9.40. The molecule has 1 unspecified atom stereocenters. The first-order valence-electron chi connectivity index (χ1n) is 11.3. The topological polar surface area (TPSA) is 83.5 Å². The van der Waals surface area contributed by atoms with Crippen LogP contribution in [0.1, 0.15) is 18.2 Å². The molecule has 1 aromatic carbocycles. The Morgan fingerprint density at radius 3 is 2.65 bits per heavy atom. The number of carbonyl (C=O) groups is 2. The molecule has 5 atom stereocenters. The summed E-state index contributed by atoms with van der Waals surface area (Å²) in [6.07, 6.45) is 1.71. The molecule has 9 nitrogen and oxygen atoms in total. The molecular weight excluding hydrogens is 432 g/mol. The molecule has 34 heavy (non-hydrogen) atoms. The van der Waals surface area contributed by atoms with Gasteiger partial charge in [0.05, 0.1) is 43.2 Å². The Morgan fingerprint density at radius 1 is 1.24 bits per heavy atom. The van der Waals surface area contributed by atoms with E-state index in [1.54, 1.807) is 9.91 Å². The van der Waals surface area contributed by atoms with Crippen LogP contribution in [-0.2, 0) is 21.5 Å². The molecule has 3 fully saturated rings. The minimum absolute atomic E-state index is 0.132. The van der Waals surface area contributed by atoms with Gasteiger partial charge in [-0.1, -0.05) is 12.1 Å². The van der Waals surface area contributed by atoms with Crippen LogP contribution in [0.3, 0.4) is 0 Å². The van der Waals surface area contributed by atoms with Gasteiger partial charge in [0.15, 0.2) is 0 Å². The summed E-state index contributed by atoms with van der Waals surface area (Å²) in [6, 6.07) is 9.80. The quantitative estimate of drug-likeness (QED) is 0.719. The molecule has 0 bridgehead atoms. The Bertz CT molecular complexity index is 1280. The lowest BCUT2D eigenvalue weighted by molar-refractivity contribution is -0.119. The predicted molar refractivity (Wildman–Crippen MR) is 122 cm³/mol. The smallest absolute Gasteiger partial charge is 0.415 e. The van der Waals surface area contributed by atoms with Gasteiger partial charge in [0, 0.05) is 18.7 Å². The zero-order chi connectivity index (χ0) is 23.6. The largest absolute Gasteiger partial charge is 0.442 e. The highest BCUT2D eigenvalue weighted by molar-refractivity contribution is 5.94. The highest BCUT2D eigenvalue weighted by atomic mass is 16.6. The van der Waals surface area contributed by atoms with E-state index in [0.717, 1.165) is 28.1 Å². The molecule has 1 N–H and O–H groups in total. The summed E-state index contributed by atoms with van der Waals surface area (Å²) in [5.74, 6) is 0.203. The van der Waals surface area contributed by atoms with Crippen molar-refractivity contribution in [3.05, 3.63) is 70.7 Å². The Hall–Kier alpha value is -4.11. The van der Waals surface area contributed by atoms with E-state index in [0.29, 0.717) is 26.1 Å². The summed E-state index contributed by atoms with van der Waals surface area (Å²) in [4.78, 5) is 37.6. The number of fused-ring (bicyclic) bond motifs is 4. The van der Waals surface area contributed by atoms with Crippen LogP contribution in [0.4, 0.5) is 10.5 Å². The van der Waals surface area contributed by atoms with Gasteiger partial charge >= 0.3 is 6.09 Å². The third-order valence-electron chi connectivity index (χ3n) is 7.69. The first-order chi connectivity index (χ1) is 16.5. The molecular formula is C25H22N6O3. The molecule has 0 radical (unpaired) electrons. The van der Waals surface area contributed by atoms with E-state index in [1.165, 1.54) is 6.92 Å². The third kappa shape index (κ3) is 2.80. The molecule has 2 aromatic rings. The first-order valence-corrected chi connectivity index (χ1v) is 11.3. The third-order valence-corrected chi connectivity index (χ3v) is 7.69. The zero-order valence-electron chi connectivity index (χ0n) is 18.6. The van der Waals surface area contributed by atoms with Gasteiger partial charge in [-0.3, -0.25) is 14.7 Å². The van der Waals surface area contributed by atoms with Gasteiger partial charge in [0.25, 0.3) is 5.54 Å². The van der Waals surface area contributed by atoms with Crippen molar-refractivity contribution < 1.29 is 14.3 Å². The number of amides is 2. The monoisotopic (exact) mass is 454 g/mol. The molecule has 6 rings (SSSR count). The fourth-order valence-electron chi connectivity index (χ4n) is 5.95. The minimum Gasteiger partial charge on any atom is -0.442 e. The number of pyridine rings is 1. The molecule has 170 valence electrons. The standard InChI is InChI=1S/C25H22N6O3/c1-14(32)28-11-22-21-9-17-8-15(4-6-20(17)31(21)24(33)34-22)16-5-7-23(29-10-16)25(26-2)18-12-30(27-3)13-19(18)25/h4-8,10,18-19,21-22H,9,11-13H2,1H3,(H,28,32)/t18-,19+,21-,22-,25?/m0/s1. The molecule has 1 aliphatic carbocycles. The van der Waals surface area contributed by atoms with Crippen molar-refractivity contribution in [1.82, 2.24) is 15.3 Å². The number of hydrogen-bond acceptors (Lipinski definition) is 5. The molecule has 9 heteroatoms. The summed E-state index contributed by atoms with van der Waals surface area (Å²) in [7, 11) is 0. The Labute approximate surface area is 196 Å². The van der Waals surface area contributed by atoms with E-state index < -0.39 is 5.54 Å². The van der Waals surface area contributed by atoms with Crippen LogP contribution in [0.2, 0.25) is 0 Å². The average Bonchev–Trinajstić information content (AvgIpc) is 3.20. The van der Waals surface area contributed by atoms with Crippen LogP contribution in [0.5, 0.6) is 0 Å². The Morgan fingerprint density at radius 2 is 2.00 bits per heavy atom. The minimum atomic E-state index is -0.592. The fraction of sp³-hybridized carbons (Fsp3) is 0.400. The van der Waals surface area contributed by atoms with E-state index in [1.807, 2.05) is 30.5 Å². The van der Waals surface area contributed by atoms with Crippen molar-refractivity contribution in [2.24, 2.45) is 11.8 Å². The van der Waals surface area contributed by atoms with E-state index >= 15 is 0 Å². The molecule has 4 heterocycles. The van der Waals surface area contributed by atoms with Gasteiger partial charge in [-0.2, -0.15) is 11.5 Å². The lowest BCUT2D eigenvalue weighted by Gasteiger charge is -2.16. The molecule has 0 spiro atoms. The number of carbonyl (C=O) groups excluding carboxylic acids is 2. The molecule has 3 aliphatic heterocycles. The number of anilines is 1. The lowest BCUT2D eigenvalue weighted by atomic mass is 9.99. The van der Waals surface area contributed by atoms with Gasteiger partial charge in [-0.25, -0.2) is 11.4 Å². The maximum Gasteiger partial charge on any atom is 0.415 e. The first kappa shape index (κ1) is 20.5. The van der Waals surface area contributed by atoms with Crippen molar-refractivity contribution in [3.8, 4) is 11.1 Å². The van der Waals surface area contributed by atoms with Crippen molar-refractivity contribution in [1.29, 1.82) is 0 Å². The van der Waals surface area contributed by atoms with Crippen molar-refractivity contribution >= 4 is 17.7 Å². The van der Waals surface area contributed by atoms with Crippen LogP contribution in [-0.4, -0.2) is 53.8 Å². The van der Waals surface area contributed by atoms with E-state index in [9.17, 15) is 9.59 Å². The summed E-state index contributed by atoms with van der Waals surface area (Å²) >= 11 is 0. The SMILES string of the molecule is [C-]#[N+]N1C[C@@H]2[C@H](C1)C2([N+]#[C-])c1ccc(-c2ccc3c(c2)C[C@H]2[C@H](CNC(C)=O)OC(=O)N32)cn1. The highest BCUT2D eigenvalue weighted by Gasteiger charge is 2.79. The summed E-state index contributed by atoms with van der Waals surface area (Å²) in [5, 5.41) is 4.45. The van der Waals surface area contributed by atoms with Gasteiger partial charge < -0.3 is 14.9 Å². The second kappa shape index (κ2) is 7.19. The Balaban J connectivity index is 1.22. The predicted octanol–water partition coefficient (Wildman–Crippen LogP) is 2.65. The van der Waals surface area contributed by atoms with Crippen LogP contribution in [0, 0.1) is 25.0 Å². The maximum absolute atomic E-state index is 12.5. The summed E-state index contributed by atoms with van der Waals surface area (Å²) in [6.45, 7) is 18.0. The van der Waals surface area contributed by atoms with E-state index in [2.05, 4.69) is 26.2 Å². The number of piperidine rings is 1. The lowest BCUT2D eigenvalue weighted by Crippen LogP contribution is -2.40. The maximum atomic E-state index is 12.5. The van der Waals surface area contributed by atoms with Crippen LogP contribution >= 0.6 is 0 Å². The molecule has 1 aromatic heterocycles. The number of nitrogens with zero attached hydrogens (tertiary/aromatic N) is 5. The number of cyclic esters (lactones) is 1. The number of rotatable bonds is 4. The van der Waals surface area contributed by atoms with Crippen molar-refractivity contribution in [2.45, 2.75) is 31.0 Å². The van der Waals surface area contributed by atoms with Crippen LogP contribution in [0.25, 0.3) is 20.9 Å². The van der Waals surface area contributed by atoms with E-state index in [4.69, 9.17) is 17.9 Å². The number of ether oxygens (including phenoxy) is 1. The second-order valence-corrected chi connectivity index (χ2v) is 9.40. The number of nitrogens with one attached hydrogen (secondary N) is 1. The van der Waals surface area contributed by atoms with Crippen molar-refractivity contribution in [2.75, 3.05) is 24.5 Å². The van der Waals surface area contributed by atoms with Crippen LogP contribution < -0.4 is 10.2 Å². The van der Waals surface area contributed by atoms with E-state index in [-0.39, 0.29) is 36.0 Å². The van der Waals surface area contributed by atoms with Gasteiger partial charge in [0.1, 0.15) is 11.8 Å². The normalized spacial score (nSPS) is 30.0. The molecule has 4 aliphatic rings. The molecule has 2 amide bonds. The number of benzene rings is 1. The van der Waals surface area contributed by atoms with Gasteiger partial charge in [0.2, 0.25) is 5.91 Å². The fourth-order valence-corrected chi connectivity index (χ4v) is 5.95. The van der Waals surface area contributed by atoms with Gasteiger partial charge in [-0.05, 0) is 35.7 Å².